The number of carbonyl (C=O) groups is 1. The molecule has 1 saturated heterocycles. The van der Waals surface area contributed by atoms with E-state index in [1.54, 1.807) is 24.0 Å². The number of rotatable bonds is 3. The molecule has 4 rings (SSSR count). The molecule has 2 aromatic heterocycles. The number of thiophene rings is 1. The topological polar surface area (TPSA) is 51.0 Å². The zero-order valence-corrected chi connectivity index (χ0v) is 14.7. The Morgan fingerprint density at radius 3 is 2.83 bits per heavy atom. The Bertz CT molecular complexity index is 661. The van der Waals surface area contributed by atoms with Gasteiger partial charge in [0.2, 0.25) is 5.91 Å². The predicted octanol–water partition coefficient (Wildman–Crippen LogP) is 3.41. The Kier molecular flexibility index (Phi) is 4.39. The number of hydrogen-bond donors (Lipinski definition) is 0. The molecule has 6 heteroatoms. The first kappa shape index (κ1) is 15.8. The lowest BCUT2D eigenvalue weighted by Gasteiger charge is -2.42. The zero-order valence-electron chi connectivity index (χ0n) is 13.9. The minimum Gasteiger partial charge on any atom is -0.340 e. The van der Waals surface area contributed by atoms with Crippen molar-refractivity contribution in [1.29, 1.82) is 0 Å². The highest BCUT2D eigenvalue weighted by Crippen LogP contribution is 2.43. The minimum atomic E-state index is -0.281. The molecule has 2 aromatic rings. The lowest BCUT2D eigenvalue weighted by Crippen LogP contribution is -2.51. The van der Waals surface area contributed by atoms with Gasteiger partial charge in [0.05, 0.1) is 11.5 Å². The van der Waals surface area contributed by atoms with E-state index >= 15 is 0 Å². The van der Waals surface area contributed by atoms with E-state index in [1.165, 1.54) is 11.3 Å². The molecule has 3 heterocycles. The van der Waals surface area contributed by atoms with E-state index < -0.39 is 0 Å². The highest BCUT2D eigenvalue weighted by molar-refractivity contribution is 7.10. The van der Waals surface area contributed by atoms with Crippen molar-refractivity contribution >= 4 is 17.2 Å². The maximum Gasteiger partial charge on any atom is 0.234 e. The van der Waals surface area contributed by atoms with Crippen LogP contribution in [0, 0.1) is 0 Å². The van der Waals surface area contributed by atoms with Crippen molar-refractivity contribution in [3.63, 3.8) is 0 Å². The second-order valence-corrected chi connectivity index (χ2v) is 7.99. The van der Waals surface area contributed by atoms with Crippen LogP contribution >= 0.6 is 11.3 Å². The van der Waals surface area contributed by atoms with E-state index in [4.69, 9.17) is 0 Å². The number of carbonyl (C=O) groups excluding carboxylic acids is 1. The van der Waals surface area contributed by atoms with E-state index in [1.807, 2.05) is 4.68 Å². The number of amides is 1. The Morgan fingerprint density at radius 2 is 2.12 bits per heavy atom. The summed E-state index contributed by atoms with van der Waals surface area (Å²) in [5, 5.41) is 6.39. The summed E-state index contributed by atoms with van der Waals surface area (Å²) in [7, 11) is 0. The van der Waals surface area contributed by atoms with Gasteiger partial charge < -0.3 is 4.90 Å². The van der Waals surface area contributed by atoms with Gasteiger partial charge in [-0.25, -0.2) is 9.67 Å². The maximum atomic E-state index is 13.6. The first-order chi connectivity index (χ1) is 11.8. The molecule has 1 atom stereocenters. The van der Waals surface area contributed by atoms with E-state index in [2.05, 4.69) is 32.5 Å². The normalized spacial score (nSPS) is 24.0. The van der Waals surface area contributed by atoms with Gasteiger partial charge in [-0.1, -0.05) is 25.3 Å². The van der Waals surface area contributed by atoms with Crippen LogP contribution < -0.4 is 0 Å². The molecule has 1 aliphatic carbocycles. The number of likely N-dealkylation sites (tertiary alicyclic amines) is 1. The summed E-state index contributed by atoms with van der Waals surface area (Å²) in [6, 6.07) is 4.50. The van der Waals surface area contributed by atoms with Crippen LogP contribution in [0.2, 0.25) is 0 Å². The third-order valence-corrected chi connectivity index (χ3v) is 6.68. The molecule has 2 fully saturated rings. The van der Waals surface area contributed by atoms with Crippen LogP contribution in [0.4, 0.5) is 0 Å². The SMILES string of the molecule is O=C(N1CCCC(n2cncn2)C1)C1(c2cccs2)CCCCC1. The molecule has 1 unspecified atom stereocenters. The lowest BCUT2D eigenvalue weighted by molar-refractivity contribution is -0.140. The third kappa shape index (κ3) is 2.77. The highest BCUT2D eigenvalue weighted by Gasteiger charge is 2.45. The standard InChI is InChI=1S/C18H24N4OS/c23-17(18(8-2-1-3-9-18)16-7-5-11-24-16)21-10-4-6-15(12-21)22-14-19-13-20-22/h5,7,11,13-15H,1-4,6,8-10,12H2. The van der Waals surface area contributed by atoms with Gasteiger partial charge in [0.1, 0.15) is 12.7 Å². The second kappa shape index (κ2) is 6.67. The van der Waals surface area contributed by atoms with Gasteiger partial charge in [-0.05, 0) is 37.1 Å². The molecule has 24 heavy (non-hydrogen) atoms. The summed E-state index contributed by atoms with van der Waals surface area (Å²) in [5.74, 6) is 0.342. The number of hydrogen-bond acceptors (Lipinski definition) is 4. The fraction of sp³-hybridized carbons (Fsp3) is 0.611. The first-order valence-corrected chi connectivity index (χ1v) is 9.85. The minimum absolute atomic E-state index is 0.258. The van der Waals surface area contributed by atoms with E-state index in [-0.39, 0.29) is 11.5 Å². The molecule has 128 valence electrons. The van der Waals surface area contributed by atoms with Crippen molar-refractivity contribution in [3.05, 3.63) is 35.0 Å². The quantitative estimate of drug-likeness (QED) is 0.857. The average molecular weight is 344 g/mol. The average Bonchev–Trinajstić information content (AvgIpc) is 3.35. The molecule has 0 spiro atoms. The third-order valence-electron chi connectivity index (χ3n) is 5.60. The largest absolute Gasteiger partial charge is 0.340 e. The molecular formula is C18H24N4OS. The Hall–Kier alpha value is -1.69. The second-order valence-electron chi connectivity index (χ2n) is 7.04. The molecule has 5 nitrogen and oxygen atoms in total. The summed E-state index contributed by atoms with van der Waals surface area (Å²) in [5.41, 5.74) is -0.281. The van der Waals surface area contributed by atoms with Crippen LogP contribution in [0.1, 0.15) is 55.9 Å². The summed E-state index contributed by atoms with van der Waals surface area (Å²) in [6.07, 6.45) is 11.0. The number of aromatic nitrogens is 3. The van der Waals surface area contributed by atoms with E-state index in [9.17, 15) is 4.79 Å². The predicted molar refractivity (Wildman–Crippen MR) is 94.0 cm³/mol. The van der Waals surface area contributed by atoms with Crippen LogP contribution in [0.5, 0.6) is 0 Å². The van der Waals surface area contributed by atoms with Crippen LogP contribution in [0.25, 0.3) is 0 Å². The molecule has 1 amide bonds. The van der Waals surface area contributed by atoms with Crippen molar-refractivity contribution < 1.29 is 4.79 Å². The zero-order chi connectivity index (χ0) is 16.4. The van der Waals surface area contributed by atoms with Crippen molar-refractivity contribution in [2.75, 3.05) is 13.1 Å². The Morgan fingerprint density at radius 1 is 1.25 bits per heavy atom. The van der Waals surface area contributed by atoms with Crippen LogP contribution in [0.3, 0.4) is 0 Å². The van der Waals surface area contributed by atoms with E-state index in [0.29, 0.717) is 5.91 Å². The monoisotopic (exact) mass is 344 g/mol. The molecule has 0 bridgehead atoms. The maximum absolute atomic E-state index is 13.6. The number of piperidine rings is 1. The molecule has 1 aliphatic heterocycles. The van der Waals surface area contributed by atoms with Gasteiger partial charge in [-0.2, -0.15) is 5.10 Å². The number of nitrogens with zero attached hydrogens (tertiary/aromatic N) is 4. The fourth-order valence-corrected chi connectivity index (χ4v) is 5.31. The van der Waals surface area contributed by atoms with Gasteiger partial charge in [0.15, 0.2) is 0 Å². The highest BCUT2D eigenvalue weighted by atomic mass is 32.1. The van der Waals surface area contributed by atoms with Crippen LogP contribution in [-0.4, -0.2) is 38.7 Å². The molecule has 1 saturated carbocycles. The first-order valence-electron chi connectivity index (χ1n) is 8.97. The van der Waals surface area contributed by atoms with Crippen LogP contribution in [-0.2, 0) is 10.2 Å². The lowest BCUT2D eigenvalue weighted by atomic mass is 9.71. The molecule has 0 aromatic carbocycles. The van der Waals surface area contributed by atoms with Gasteiger partial charge in [0.25, 0.3) is 0 Å². The van der Waals surface area contributed by atoms with Gasteiger partial charge >= 0.3 is 0 Å². The van der Waals surface area contributed by atoms with Crippen molar-refractivity contribution in [1.82, 2.24) is 19.7 Å². The van der Waals surface area contributed by atoms with Crippen molar-refractivity contribution in [2.45, 2.75) is 56.4 Å². The molecule has 2 aliphatic rings. The summed E-state index contributed by atoms with van der Waals surface area (Å²) >= 11 is 1.74. The molecular weight excluding hydrogens is 320 g/mol. The molecule has 0 radical (unpaired) electrons. The summed E-state index contributed by atoms with van der Waals surface area (Å²) < 4.78 is 1.91. The van der Waals surface area contributed by atoms with Crippen molar-refractivity contribution in [2.24, 2.45) is 0 Å². The summed E-state index contributed by atoms with van der Waals surface area (Å²) in [4.78, 5) is 21.0. The summed E-state index contributed by atoms with van der Waals surface area (Å²) in [6.45, 7) is 1.63. The van der Waals surface area contributed by atoms with Gasteiger partial charge in [0, 0.05) is 18.0 Å². The smallest absolute Gasteiger partial charge is 0.234 e. The fourth-order valence-electron chi connectivity index (χ4n) is 4.34. The van der Waals surface area contributed by atoms with E-state index in [0.717, 1.165) is 51.6 Å². The van der Waals surface area contributed by atoms with Crippen molar-refractivity contribution in [3.8, 4) is 0 Å². The van der Waals surface area contributed by atoms with Gasteiger partial charge in [-0.3, -0.25) is 4.79 Å². The van der Waals surface area contributed by atoms with Crippen LogP contribution in [0.15, 0.2) is 30.2 Å². The van der Waals surface area contributed by atoms with Gasteiger partial charge in [-0.15, -0.1) is 11.3 Å². The Balaban J connectivity index is 1.58. The Labute approximate surface area is 146 Å². The molecule has 0 N–H and O–H groups in total.